The highest BCUT2D eigenvalue weighted by atomic mass is 35.5. The van der Waals surface area contributed by atoms with E-state index >= 15 is 0 Å². The van der Waals surface area contributed by atoms with Gasteiger partial charge in [-0.05, 0) is 123 Å². The molecule has 0 saturated carbocycles. The van der Waals surface area contributed by atoms with E-state index in [0.717, 1.165) is 112 Å². The Morgan fingerprint density at radius 2 is 1.54 bits per heavy atom. The van der Waals surface area contributed by atoms with Crippen molar-refractivity contribution in [1.29, 1.82) is 5.26 Å². The van der Waals surface area contributed by atoms with Gasteiger partial charge in [0.15, 0.2) is 5.82 Å². The van der Waals surface area contributed by atoms with E-state index in [9.17, 15) is 23.6 Å². The first-order valence-electron chi connectivity index (χ1n) is 25.5. The number of carbonyl (C=O) groups is 2. The number of hydrogen-bond acceptors (Lipinski definition) is 9. The number of likely N-dealkylation sites (tertiary alicyclic amines) is 1. The molecule has 8 heterocycles. The first kappa shape index (κ1) is 47.0. The molecule has 6 aliphatic heterocycles. The Morgan fingerprint density at radius 1 is 0.845 bits per heavy atom. The van der Waals surface area contributed by atoms with Crippen molar-refractivity contribution in [3.05, 3.63) is 100.0 Å². The minimum absolute atomic E-state index is 0.00283. The van der Waals surface area contributed by atoms with Crippen LogP contribution >= 0.6 is 11.6 Å². The Hall–Kier alpha value is -6.34. The summed E-state index contributed by atoms with van der Waals surface area (Å²) >= 11 is 6.42. The number of halogens is 3. The van der Waals surface area contributed by atoms with Crippen LogP contribution in [0, 0.1) is 16.7 Å². The van der Waals surface area contributed by atoms with Crippen molar-refractivity contribution in [3.63, 3.8) is 0 Å². The molecule has 1 spiro atoms. The van der Waals surface area contributed by atoms with Crippen LogP contribution in [-0.2, 0) is 31.2 Å². The van der Waals surface area contributed by atoms with E-state index in [1.165, 1.54) is 11.4 Å². The predicted octanol–water partition coefficient (Wildman–Crippen LogP) is 9.20. The van der Waals surface area contributed by atoms with E-state index in [0.29, 0.717) is 80.0 Å². The number of fused-ring (bicyclic) bond motifs is 2. The number of amides is 3. The maximum Gasteiger partial charge on any atom is 0.320 e. The summed E-state index contributed by atoms with van der Waals surface area (Å²) < 4.78 is 33.4. The van der Waals surface area contributed by atoms with Crippen LogP contribution in [0.5, 0.6) is 0 Å². The third kappa shape index (κ3) is 8.93. The van der Waals surface area contributed by atoms with Gasteiger partial charge in [0, 0.05) is 150 Å². The van der Waals surface area contributed by atoms with Crippen molar-refractivity contribution in [2.75, 3.05) is 91.6 Å². The van der Waals surface area contributed by atoms with Crippen molar-refractivity contribution in [1.82, 2.24) is 34.3 Å². The fraction of sp³-hybridized carbons (Fsp3) is 0.500. The van der Waals surface area contributed by atoms with Gasteiger partial charge in [-0.3, -0.25) is 14.2 Å². The van der Waals surface area contributed by atoms with Crippen LogP contribution in [0.4, 0.5) is 42.1 Å². The molecule has 0 aliphatic carbocycles. The number of aryl methyl sites for hydroxylation is 2. The summed E-state index contributed by atoms with van der Waals surface area (Å²) in [6, 6.07) is 21.1. The maximum absolute atomic E-state index is 14.8. The van der Waals surface area contributed by atoms with Gasteiger partial charge in [0.2, 0.25) is 5.91 Å². The second-order valence-corrected chi connectivity index (χ2v) is 21.3. The molecule has 6 aliphatic rings. The number of nitriles is 1. The fourth-order valence-corrected chi connectivity index (χ4v) is 12.9. The van der Waals surface area contributed by atoms with Crippen LogP contribution in [0.1, 0.15) is 92.8 Å². The predicted molar refractivity (Wildman–Crippen MR) is 273 cm³/mol. The highest BCUT2D eigenvalue weighted by Crippen LogP contribution is 2.47. The van der Waals surface area contributed by atoms with E-state index in [-0.39, 0.29) is 29.0 Å². The van der Waals surface area contributed by atoms with Crippen molar-refractivity contribution in [2.24, 2.45) is 12.5 Å². The van der Waals surface area contributed by atoms with Gasteiger partial charge in [0.25, 0.3) is 6.43 Å². The number of alkyl halides is 2. The molecule has 0 N–H and O–H groups in total. The Balaban J connectivity index is 0.705. The molecule has 3 amide bonds. The van der Waals surface area contributed by atoms with Crippen molar-refractivity contribution < 1.29 is 18.4 Å². The summed E-state index contributed by atoms with van der Waals surface area (Å²) in [6.45, 7) is 12.7. The molecule has 4 saturated heterocycles. The first-order valence-corrected chi connectivity index (χ1v) is 25.9. The molecule has 17 heteroatoms. The molecule has 0 bridgehead atoms. The second-order valence-electron chi connectivity index (χ2n) is 20.8. The third-order valence-corrected chi connectivity index (χ3v) is 16.9. The van der Waals surface area contributed by atoms with Gasteiger partial charge in [-0.2, -0.15) is 15.5 Å². The van der Waals surface area contributed by atoms with Gasteiger partial charge in [-0.15, -0.1) is 0 Å². The Bertz CT molecular complexity index is 2850. The quantitative estimate of drug-likeness (QED) is 0.158. The average molecular weight is 986 g/mol. The Labute approximate surface area is 419 Å². The molecule has 14 nitrogen and oxygen atoms in total. The average Bonchev–Trinajstić information content (AvgIpc) is 4.10. The number of piperazine rings is 1. The van der Waals surface area contributed by atoms with E-state index in [2.05, 4.69) is 66.6 Å². The molecular formula is C54H63ClF2N12O2. The lowest BCUT2D eigenvalue weighted by Crippen LogP contribution is -2.54. The zero-order chi connectivity index (χ0) is 49.1. The van der Waals surface area contributed by atoms with E-state index < -0.39 is 6.43 Å². The largest absolute Gasteiger partial charge is 0.371 e. The van der Waals surface area contributed by atoms with Gasteiger partial charge in [0.05, 0.1) is 29.4 Å². The summed E-state index contributed by atoms with van der Waals surface area (Å²) in [4.78, 5) is 42.1. The summed E-state index contributed by atoms with van der Waals surface area (Å²) in [5, 5.41) is 19.4. The summed E-state index contributed by atoms with van der Waals surface area (Å²) in [5.74, 6) is 0.745. The normalized spacial score (nSPS) is 20.5. The maximum atomic E-state index is 14.8. The topological polar surface area (TPSA) is 116 Å². The van der Waals surface area contributed by atoms with Gasteiger partial charge in [-0.1, -0.05) is 11.6 Å². The Kier molecular flexibility index (Phi) is 12.6. The highest BCUT2D eigenvalue weighted by Gasteiger charge is 2.44. The van der Waals surface area contributed by atoms with Gasteiger partial charge in [0.1, 0.15) is 6.07 Å². The number of nitrogens with zero attached hydrogens (tertiary/aromatic N) is 12. The molecular weight excluding hydrogens is 922 g/mol. The van der Waals surface area contributed by atoms with Gasteiger partial charge in [-0.25, -0.2) is 13.6 Å². The van der Waals surface area contributed by atoms with Crippen LogP contribution in [0.15, 0.2) is 67.0 Å². The van der Waals surface area contributed by atoms with Crippen LogP contribution < -0.4 is 19.6 Å². The lowest BCUT2D eigenvalue weighted by molar-refractivity contribution is -0.129. The fourth-order valence-electron chi connectivity index (χ4n) is 12.6. The van der Waals surface area contributed by atoms with Crippen LogP contribution in [0.2, 0.25) is 5.02 Å². The van der Waals surface area contributed by atoms with E-state index in [1.54, 1.807) is 37.1 Å². The second kappa shape index (κ2) is 19.0. The molecule has 372 valence electrons. The zero-order valence-electron chi connectivity index (χ0n) is 41.0. The highest BCUT2D eigenvalue weighted by molar-refractivity contribution is 6.32. The molecule has 4 fully saturated rings. The van der Waals surface area contributed by atoms with Crippen molar-refractivity contribution >= 4 is 52.1 Å². The zero-order valence-corrected chi connectivity index (χ0v) is 41.8. The van der Waals surface area contributed by atoms with Crippen molar-refractivity contribution in [2.45, 2.75) is 90.3 Å². The van der Waals surface area contributed by atoms with Gasteiger partial charge < -0.3 is 34.3 Å². The minimum atomic E-state index is -2.67. The summed E-state index contributed by atoms with van der Waals surface area (Å²) in [5.41, 5.74) is 9.29. The number of urea groups is 1. The lowest BCUT2D eigenvalue weighted by atomic mass is 9.76. The standard InChI is InChI=1S/C54H63ClF2N12O2/c1-36-30-54(35-68(36)44-7-6-39(31-58)48(55)28-44)15-21-62(22-16-54)41-8-10-42(11-9-41)63-23-25-65(26-24-63)53(71)64-18-12-43(13-19-64)69-49-14-20-66(37(2)70)34-47(49)52(60-69)67-17-4-5-38-27-45(40-32-59-61(3)33-40)46(51(56)57)29-50(38)67/h6-11,27-29,32-33,36,43,51H,4-5,12-26,30,34-35H2,1-3H3/t36-/m0/s1. The Morgan fingerprint density at radius 3 is 2.18 bits per heavy atom. The molecule has 0 radical (unpaired) electrons. The van der Waals surface area contributed by atoms with E-state index in [1.807, 2.05) is 39.0 Å². The van der Waals surface area contributed by atoms with E-state index in [4.69, 9.17) is 16.7 Å². The third-order valence-electron chi connectivity index (χ3n) is 16.6. The molecule has 0 unspecified atom stereocenters. The molecule has 71 heavy (non-hydrogen) atoms. The summed E-state index contributed by atoms with van der Waals surface area (Å²) in [6.07, 6.45) is 7.94. The number of aromatic nitrogens is 4. The number of piperidine rings is 2. The SMILES string of the molecule is CC(=O)N1CCc2c(c(N3CCCc4cc(-c5cnn(C)c5)c(C(F)F)cc43)nn2C2CCN(C(=O)N3CCN(c4ccc(N5CCC6(CC5)C[C@H](C)N(c5ccc(C#N)c(Cl)c5)C6)cc4)CC3)CC2)C1. The summed E-state index contributed by atoms with van der Waals surface area (Å²) in [7, 11) is 1.78. The molecule has 11 rings (SSSR count). The lowest BCUT2D eigenvalue weighted by Gasteiger charge is -2.41. The monoisotopic (exact) mass is 984 g/mol. The van der Waals surface area contributed by atoms with Crippen molar-refractivity contribution in [3.8, 4) is 17.2 Å². The van der Waals surface area contributed by atoms with Crippen LogP contribution in [-0.4, -0.2) is 124 Å². The number of hydrogen-bond donors (Lipinski definition) is 0. The number of benzene rings is 3. The molecule has 5 aromatic rings. The number of anilines is 5. The van der Waals surface area contributed by atoms with Gasteiger partial charge >= 0.3 is 6.03 Å². The number of carbonyl (C=O) groups excluding carboxylic acids is 2. The van der Waals surface area contributed by atoms with Crippen LogP contribution in [0.25, 0.3) is 11.1 Å². The molecule has 3 aromatic carbocycles. The van der Waals surface area contributed by atoms with Crippen LogP contribution in [0.3, 0.4) is 0 Å². The minimum Gasteiger partial charge on any atom is -0.371 e. The molecule has 1 atom stereocenters. The number of rotatable bonds is 7. The molecule has 2 aromatic heterocycles. The first-order chi connectivity index (χ1) is 34.3. The smallest absolute Gasteiger partial charge is 0.320 e.